The highest BCUT2D eigenvalue weighted by Crippen LogP contribution is 2.32. The summed E-state index contributed by atoms with van der Waals surface area (Å²) in [6.45, 7) is -0.0779. The van der Waals surface area contributed by atoms with E-state index in [4.69, 9.17) is 18.9 Å². The number of carbonyl (C=O) groups excluding carboxylic acids is 2. The molecule has 4 aromatic carbocycles. The summed E-state index contributed by atoms with van der Waals surface area (Å²) >= 11 is 0. The number of methoxy groups -OCH3 is 2. The first-order valence-electron chi connectivity index (χ1n) is 15.1. The smallest absolute Gasteiger partial charge is 0.330 e. The monoisotopic (exact) mass is 654 g/mol. The zero-order valence-corrected chi connectivity index (χ0v) is 26.6. The molecule has 4 rings (SSSR count). The second-order valence-corrected chi connectivity index (χ2v) is 11.1. The Bertz CT molecular complexity index is 1600. The number of esters is 2. The third-order valence-electron chi connectivity index (χ3n) is 7.64. The van der Waals surface area contributed by atoms with Crippen LogP contribution in [0.1, 0.15) is 22.3 Å². The fourth-order valence-corrected chi connectivity index (χ4v) is 5.00. The molecule has 0 bridgehead atoms. The van der Waals surface area contributed by atoms with E-state index in [-0.39, 0.29) is 59.5 Å². The average Bonchev–Trinajstić information content (AvgIpc) is 3.09. The van der Waals surface area contributed by atoms with Crippen molar-refractivity contribution in [3.8, 4) is 34.5 Å². The van der Waals surface area contributed by atoms with Crippen LogP contribution < -0.4 is 9.47 Å². The Morgan fingerprint density at radius 3 is 1.31 bits per heavy atom. The van der Waals surface area contributed by atoms with Crippen LogP contribution in [0, 0.1) is 11.8 Å². The summed E-state index contributed by atoms with van der Waals surface area (Å²) in [5.74, 6) is -1.22. The minimum atomic E-state index is -0.588. The second kappa shape index (κ2) is 17.1. The molecule has 0 radical (unpaired) electrons. The number of benzene rings is 4. The SMILES string of the molecule is COc1cc(C[C@@H](COC(=O)/C=C/c2ccc(O)cc2)[C@H](COC(=O)/C=C/c2ccc(O)cc2)Cc2ccc(O)c(OC)c2)ccc1O. The maximum atomic E-state index is 12.8. The van der Waals surface area contributed by atoms with Crippen LogP contribution in [0.25, 0.3) is 12.2 Å². The number of rotatable bonds is 15. The van der Waals surface area contributed by atoms with Gasteiger partial charge in [0.25, 0.3) is 0 Å². The largest absolute Gasteiger partial charge is 0.508 e. The van der Waals surface area contributed by atoms with Crippen molar-refractivity contribution in [2.45, 2.75) is 12.8 Å². The highest BCUT2D eigenvalue weighted by atomic mass is 16.5. The number of hydrogen-bond donors (Lipinski definition) is 4. The lowest BCUT2D eigenvalue weighted by Gasteiger charge is -2.27. The Balaban J connectivity index is 1.59. The standard InChI is InChI=1S/C38H38O10/c1-45-35-21-27(7-15-33(35)41)19-29(23-47-37(43)17-9-25-3-11-31(39)12-4-25)30(20-28-8-16-34(42)36(22-28)46-2)24-48-38(44)18-10-26-5-13-32(40)14-6-26/h3-18,21-22,29-30,39-42H,19-20,23-24H2,1-2H3/b17-9+,18-10+/t29-,30-/m0/s1. The number of aromatic hydroxyl groups is 4. The molecule has 0 saturated heterocycles. The van der Waals surface area contributed by atoms with Gasteiger partial charge in [-0.3, -0.25) is 0 Å². The first-order chi connectivity index (χ1) is 23.1. The van der Waals surface area contributed by atoms with Crippen LogP contribution in [0.15, 0.2) is 97.1 Å². The summed E-state index contributed by atoms with van der Waals surface area (Å²) in [6.07, 6.45) is 6.47. The number of carbonyl (C=O) groups is 2. The van der Waals surface area contributed by atoms with Crippen molar-refractivity contribution in [2.24, 2.45) is 11.8 Å². The molecule has 0 aliphatic rings. The summed E-state index contributed by atoms with van der Waals surface area (Å²) in [5.41, 5.74) is 2.97. The van der Waals surface area contributed by atoms with E-state index in [0.717, 1.165) is 11.1 Å². The summed E-state index contributed by atoms with van der Waals surface area (Å²) in [4.78, 5) is 25.7. The molecule has 0 unspecified atom stereocenters. The molecule has 10 nitrogen and oxygen atoms in total. The predicted octanol–water partition coefficient (Wildman–Crippen LogP) is 6.06. The van der Waals surface area contributed by atoms with E-state index in [9.17, 15) is 30.0 Å². The van der Waals surface area contributed by atoms with Gasteiger partial charge >= 0.3 is 11.9 Å². The molecule has 0 aliphatic heterocycles. The van der Waals surface area contributed by atoms with Gasteiger partial charge in [0, 0.05) is 24.0 Å². The molecule has 0 aromatic heterocycles. The van der Waals surface area contributed by atoms with Gasteiger partial charge in [-0.1, -0.05) is 36.4 Å². The molecule has 0 heterocycles. The number of ether oxygens (including phenoxy) is 4. The van der Waals surface area contributed by atoms with E-state index in [1.54, 1.807) is 60.7 Å². The minimum Gasteiger partial charge on any atom is -0.508 e. The fraction of sp³-hybridized carbons (Fsp3) is 0.211. The van der Waals surface area contributed by atoms with E-state index >= 15 is 0 Å². The van der Waals surface area contributed by atoms with E-state index in [0.29, 0.717) is 24.0 Å². The lowest BCUT2D eigenvalue weighted by molar-refractivity contribution is -0.143. The second-order valence-electron chi connectivity index (χ2n) is 11.1. The summed E-state index contributed by atoms with van der Waals surface area (Å²) in [7, 11) is 2.90. The number of phenolic OH excluding ortho intramolecular Hbond substituents is 4. The van der Waals surface area contributed by atoms with Crippen LogP contribution >= 0.6 is 0 Å². The van der Waals surface area contributed by atoms with Gasteiger partial charge in [-0.25, -0.2) is 9.59 Å². The van der Waals surface area contributed by atoms with Crippen molar-refractivity contribution in [1.29, 1.82) is 0 Å². The molecule has 10 heteroatoms. The first-order valence-corrected chi connectivity index (χ1v) is 15.1. The van der Waals surface area contributed by atoms with Gasteiger partial charge < -0.3 is 39.4 Å². The van der Waals surface area contributed by atoms with Crippen LogP contribution in [-0.4, -0.2) is 59.8 Å². The molecule has 0 fully saturated rings. The maximum Gasteiger partial charge on any atom is 0.330 e. The molecule has 2 atom stereocenters. The van der Waals surface area contributed by atoms with Crippen LogP contribution in [0.4, 0.5) is 0 Å². The van der Waals surface area contributed by atoms with Crippen molar-refractivity contribution in [1.82, 2.24) is 0 Å². The van der Waals surface area contributed by atoms with Gasteiger partial charge in [0.2, 0.25) is 0 Å². The van der Waals surface area contributed by atoms with Gasteiger partial charge in [-0.05, 0) is 95.8 Å². The Kier molecular flexibility index (Phi) is 12.5. The highest BCUT2D eigenvalue weighted by Gasteiger charge is 2.26. The summed E-state index contributed by atoms with van der Waals surface area (Å²) in [6, 6.07) is 22.6. The zero-order valence-electron chi connectivity index (χ0n) is 26.6. The molecule has 0 saturated carbocycles. The summed E-state index contributed by atoms with van der Waals surface area (Å²) in [5, 5.41) is 39.3. The third-order valence-corrected chi connectivity index (χ3v) is 7.64. The van der Waals surface area contributed by atoms with Crippen LogP contribution in [0.3, 0.4) is 0 Å². The van der Waals surface area contributed by atoms with E-state index in [1.165, 1.54) is 62.8 Å². The normalized spacial score (nSPS) is 12.5. The van der Waals surface area contributed by atoms with Crippen LogP contribution in [0.2, 0.25) is 0 Å². The van der Waals surface area contributed by atoms with E-state index in [2.05, 4.69) is 0 Å². The van der Waals surface area contributed by atoms with Gasteiger partial charge in [0.15, 0.2) is 23.0 Å². The first kappa shape index (κ1) is 35.0. The molecule has 48 heavy (non-hydrogen) atoms. The quantitative estimate of drug-likeness (QED) is 0.0880. The van der Waals surface area contributed by atoms with Gasteiger partial charge in [-0.2, -0.15) is 0 Å². The van der Waals surface area contributed by atoms with Crippen molar-refractivity contribution < 1.29 is 49.0 Å². The van der Waals surface area contributed by atoms with Crippen LogP contribution in [-0.2, 0) is 31.9 Å². The van der Waals surface area contributed by atoms with Gasteiger partial charge in [-0.15, -0.1) is 0 Å². The van der Waals surface area contributed by atoms with Crippen molar-refractivity contribution in [2.75, 3.05) is 27.4 Å². The summed E-state index contributed by atoms with van der Waals surface area (Å²) < 4.78 is 22.0. The van der Waals surface area contributed by atoms with Gasteiger partial charge in [0.1, 0.15) is 11.5 Å². The predicted molar refractivity (Wildman–Crippen MR) is 180 cm³/mol. The average molecular weight is 655 g/mol. The van der Waals surface area contributed by atoms with Crippen LogP contribution in [0.5, 0.6) is 34.5 Å². The fourth-order valence-electron chi connectivity index (χ4n) is 5.00. The Morgan fingerprint density at radius 1 is 0.583 bits per heavy atom. The maximum absolute atomic E-state index is 12.8. The minimum absolute atomic E-state index is 0.0225. The van der Waals surface area contributed by atoms with Crippen molar-refractivity contribution in [3.63, 3.8) is 0 Å². The Hall–Kier alpha value is -5.90. The number of hydrogen-bond acceptors (Lipinski definition) is 10. The van der Waals surface area contributed by atoms with E-state index < -0.39 is 11.9 Å². The molecular weight excluding hydrogens is 616 g/mol. The van der Waals surface area contributed by atoms with Crippen molar-refractivity contribution in [3.05, 3.63) is 119 Å². The van der Waals surface area contributed by atoms with E-state index in [1.807, 2.05) is 0 Å². The molecule has 0 amide bonds. The highest BCUT2D eigenvalue weighted by molar-refractivity contribution is 5.87. The molecule has 0 aliphatic carbocycles. The molecular formula is C38H38O10. The lowest BCUT2D eigenvalue weighted by Crippen LogP contribution is -2.30. The molecule has 250 valence electrons. The van der Waals surface area contributed by atoms with Crippen molar-refractivity contribution >= 4 is 24.1 Å². The molecule has 0 spiro atoms. The Morgan fingerprint density at radius 2 is 0.958 bits per heavy atom. The van der Waals surface area contributed by atoms with Gasteiger partial charge in [0.05, 0.1) is 27.4 Å². The Labute approximate surface area is 278 Å². The lowest BCUT2D eigenvalue weighted by atomic mass is 9.83. The number of phenols is 4. The zero-order chi connectivity index (χ0) is 34.5. The third kappa shape index (κ3) is 10.6. The topological polar surface area (TPSA) is 152 Å². The molecule has 4 N–H and O–H groups in total. The molecule has 4 aromatic rings.